The molecule has 0 saturated carbocycles. The second-order valence-electron chi connectivity index (χ2n) is 5.65. The van der Waals surface area contributed by atoms with E-state index in [4.69, 9.17) is 5.73 Å². The number of nitrogens with two attached hydrogens (primary N) is 1. The first-order chi connectivity index (χ1) is 9.75. The van der Waals surface area contributed by atoms with E-state index in [-0.39, 0.29) is 23.2 Å². The van der Waals surface area contributed by atoms with E-state index in [1.165, 1.54) is 11.0 Å². The van der Waals surface area contributed by atoms with Crippen LogP contribution >= 0.6 is 0 Å². The van der Waals surface area contributed by atoms with Crippen LogP contribution in [0.2, 0.25) is 0 Å². The third-order valence-corrected chi connectivity index (χ3v) is 3.66. The third-order valence-electron chi connectivity index (χ3n) is 3.66. The van der Waals surface area contributed by atoms with Gasteiger partial charge in [0.15, 0.2) is 0 Å². The highest BCUT2D eigenvalue weighted by Gasteiger charge is 2.25. The van der Waals surface area contributed by atoms with Crippen molar-refractivity contribution >= 4 is 11.6 Å². The van der Waals surface area contributed by atoms with Gasteiger partial charge in [-0.25, -0.2) is 0 Å². The highest BCUT2D eigenvalue weighted by atomic mass is 16.6. The molecule has 1 aromatic rings. The molecule has 0 heterocycles. The summed E-state index contributed by atoms with van der Waals surface area (Å²) < 4.78 is 0. The Balaban J connectivity index is 2.91. The number of hydrogen-bond donors (Lipinski definition) is 1. The Bertz CT molecular complexity index is 529. The van der Waals surface area contributed by atoms with Gasteiger partial charge in [-0.3, -0.25) is 14.9 Å². The zero-order chi connectivity index (χ0) is 16.2. The standard InChI is InChI=1S/C15H23N3O3/c1-10(2)12(16)8-9-17(4)15(19)14-11(3)6-5-7-13(14)18(20)21/h5-7,10,12H,8-9,16H2,1-4H3. The summed E-state index contributed by atoms with van der Waals surface area (Å²) in [4.78, 5) is 24.5. The van der Waals surface area contributed by atoms with E-state index >= 15 is 0 Å². The maximum absolute atomic E-state index is 12.5. The fourth-order valence-electron chi connectivity index (χ4n) is 2.05. The lowest BCUT2D eigenvalue weighted by Crippen LogP contribution is -2.35. The Morgan fingerprint density at radius 3 is 2.57 bits per heavy atom. The number of hydrogen-bond acceptors (Lipinski definition) is 4. The zero-order valence-electron chi connectivity index (χ0n) is 13.0. The van der Waals surface area contributed by atoms with Gasteiger partial charge >= 0.3 is 0 Å². The Kier molecular flexibility index (Phi) is 5.84. The van der Waals surface area contributed by atoms with Crippen LogP contribution in [0, 0.1) is 23.0 Å². The van der Waals surface area contributed by atoms with Crippen LogP contribution in [0.15, 0.2) is 18.2 Å². The van der Waals surface area contributed by atoms with Gasteiger partial charge in [0.05, 0.1) is 4.92 Å². The number of aryl methyl sites for hydroxylation is 1. The maximum atomic E-state index is 12.5. The summed E-state index contributed by atoms with van der Waals surface area (Å²) in [6, 6.07) is 4.65. The first-order valence-electron chi connectivity index (χ1n) is 7.00. The quantitative estimate of drug-likeness (QED) is 0.644. The van der Waals surface area contributed by atoms with Gasteiger partial charge in [-0.1, -0.05) is 26.0 Å². The number of carbonyl (C=O) groups is 1. The number of nitro benzene ring substituents is 1. The molecule has 0 radical (unpaired) electrons. The number of nitro groups is 1. The van der Waals surface area contributed by atoms with Crippen molar-refractivity contribution in [2.75, 3.05) is 13.6 Å². The minimum atomic E-state index is -0.520. The van der Waals surface area contributed by atoms with Crippen molar-refractivity contribution in [3.8, 4) is 0 Å². The van der Waals surface area contributed by atoms with Crippen LogP contribution in [-0.4, -0.2) is 35.4 Å². The lowest BCUT2D eigenvalue weighted by Gasteiger charge is -2.22. The van der Waals surface area contributed by atoms with E-state index in [9.17, 15) is 14.9 Å². The second kappa shape index (κ2) is 7.17. The average Bonchev–Trinajstić information content (AvgIpc) is 2.42. The summed E-state index contributed by atoms with van der Waals surface area (Å²) in [5, 5.41) is 11.1. The van der Waals surface area contributed by atoms with E-state index in [0.29, 0.717) is 24.4 Å². The van der Waals surface area contributed by atoms with Crippen molar-refractivity contribution in [1.29, 1.82) is 0 Å². The lowest BCUT2D eigenvalue weighted by atomic mass is 10.0. The van der Waals surface area contributed by atoms with E-state index < -0.39 is 4.92 Å². The summed E-state index contributed by atoms with van der Waals surface area (Å²) in [6.07, 6.45) is 0.666. The molecule has 0 aliphatic heterocycles. The molecule has 6 nitrogen and oxygen atoms in total. The van der Waals surface area contributed by atoms with Crippen molar-refractivity contribution in [3.05, 3.63) is 39.4 Å². The smallest absolute Gasteiger partial charge is 0.282 e. The van der Waals surface area contributed by atoms with Crippen LogP contribution in [0.5, 0.6) is 0 Å². The summed E-state index contributed by atoms with van der Waals surface area (Å²) in [5.41, 5.74) is 6.57. The van der Waals surface area contributed by atoms with E-state index in [1.54, 1.807) is 26.1 Å². The van der Waals surface area contributed by atoms with Gasteiger partial charge in [-0.2, -0.15) is 0 Å². The maximum Gasteiger partial charge on any atom is 0.282 e. The van der Waals surface area contributed by atoms with Crippen LogP contribution in [0.4, 0.5) is 5.69 Å². The highest BCUT2D eigenvalue weighted by Crippen LogP contribution is 2.23. The molecule has 0 bridgehead atoms. The van der Waals surface area contributed by atoms with E-state index in [1.807, 2.05) is 13.8 Å². The molecule has 2 N–H and O–H groups in total. The first kappa shape index (κ1) is 17.1. The SMILES string of the molecule is Cc1cccc([N+](=O)[O-])c1C(=O)N(C)CCC(N)C(C)C. The highest BCUT2D eigenvalue weighted by molar-refractivity contribution is 5.99. The predicted octanol–water partition coefficient (Wildman–Crippen LogP) is 2.35. The molecule has 0 aliphatic carbocycles. The van der Waals surface area contributed by atoms with Gasteiger partial charge < -0.3 is 10.6 Å². The van der Waals surface area contributed by atoms with Crippen LogP contribution < -0.4 is 5.73 Å². The average molecular weight is 293 g/mol. The molecule has 1 unspecified atom stereocenters. The molecule has 0 fully saturated rings. The van der Waals surface area contributed by atoms with Gasteiger partial charge in [-0.15, -0.1) is 0 Å². The number of amides is 1. The molecule has 116 valence electrons. The number of nitrogens with zero attached hydrogens (tertiary/aromatic N) is 2. The Morgan fingerprint density at radius 2 is 2.05 bits per heavy atom. The zero-order valence-corrected chi connectivity index (χ0v) is 13.0. The number of rotatable bonds is 6. The largest absolute Gasteiger partial charge is 0.341 e. The van der Waals surface area contributed by atoms with E-state index in [2.05, 4.69) is 0 Å². The molecule has 0 saturated heterocycles. The van der Waals surface area contributed by atoms with Gasteiger partial charge in [-0.05, 0) is 24.8 Å². The number of benzene rings is 1. The molecule has 0 aromatic heterocycles. The topological polar surface area (TPSA) is 89.5 Å². The summed E-state index contributed by atoms with van der Waals surface area (Å²) >= 11 is 0. The Morgan fingerprint density at radius 1 is 1.43 bits per heavy atom. The molecule has 21 heavy (non-hydrogen) atoms. The summed E-state index contributed by atoms with van der Waals surface area (Å²) in [6.45, 7) is 6.23. The molecule has 1 aromatic carbocycles. The minimum Gasteiger partial charge on any atom is -0.341 e. The molecule has 1 amide bonds. The molecule has 0 aliphatic rings. The van der Waals surface area contributed by atoms with Gasteiger partial charge in [0.1, 0.15) is 5.56 Å². The molecular weight excluding hydrogens is 270 g/mol. The molecule has 1 atom stereocenters. The van der Waals surface area contributed by atoms with Gasteiger partial charge in [0, 0.05) is 25.7 Å². The monoisotopic (exact) mass is 293 g/mol. The molecule has 1 rings (SSSR count). The van der Waals surface area contributed by atoms with Crippen LogP contribution in [0.3, 0.4) is 0 Å². The first-order valence-corrected chi connectivity index (χ1v) is 7.00. The molecule has 6 heteroatoms. The summed E-state index contributed by atoms with van der Waals surface area (Å²) in [5.74, 6) is -0.00273. The van der Waals surface area contributed by atoms with Crippen molar-refractivity contribution in [2.24, 2.45) is 11.7 Å². The predicted molar refractivity (Wildman–Crippen MR) is 82.2 cm³/mol. The van der Waals surface area contributed by atoms with Crippen LogP contribution in [-0.2, 0) is 0 Å². The van der Waals surface area contributed by atoms with E-state index in [0.717, 1.165) is 0 Å². The fourth-order valence-corrected chi connectivity index (χ4v) is 2.05. The number of carbonyl (C=O) groups excluding carboxylic acids is 1. The van der Waals surface area contributed by atoms with Crippen molar-refractivity contribution in [1.82, 2.24) is 4.90 Å². The lowest BCUT2D eigenvalue weighted by molar-refractivity contribution is -0.385. The Hall–Kier alpha value is -1.95. The third kappa shape index (κ3) is 4.26. The summed E-state index contributed by atoms with van der Waals surface area (Å²) in [7, 11) is 1.64. The normalized spacial score (nSPS) is 12.3. The van der Waals surface area contributed by atoms with Crippen molar-refractivity contribution in [3.63, 3.8) is 0 Å². The van der Waals surface area contributed by atoms with Crippen LogP contribution in [0.25, 0.3) is 0 Å². The molecular formula is C15H23N3O3. The fraction of sp³-hybridized carbons (Fsp3) is 0.533. The van der Waals surface area contributed by atoms with Crippen molar-refractivity contribution in [2.45, 2.75) is 33.2 Å². The van der Waals surface area contributed by atoms with Crippen molar-refractivity contribution < 1.29 is 9.72 Å². The minimum absolute atomic E-state index is 0.00658. The second-order valence-corrected chi connectivity index (χ2v) is 5.65. The van der Waals surface area contributed by atoms with Gasteiger partial charge in [0.25, 0.3) is 11.6 Å². The van der Waals surface area contributed by atoms with Gasteiger partial charge in [0.2, 0.25) is 0 Å². The molecule has 0 spiro atoms. The Labute approximate surface area is 125 Å². The van der Waals surface area contributed by atoms with Crippen LogP contribution in [0.1, 0.15) is 36.2 Å².